The van der Waals surface area contributed by atoms with Gasteiger partial charge in [0.05, 0.1) is 0 Å². The molecule has 0 saturated carbocycles. The first-order valence-electron chi connectivity index (χ1n) is 5.02. The zero-order valence-electron chi connectivity index (χ0n) is 10.9. The van der Waals surface area contributed by atoms with Gasteiger partial charge in [-0.05, 0) is 11.8 Å². The second-order valence-corrected chi connectivity index (χ2v) is 4.65. The summed E-state index contributed by atoms with van der Waals surface area (Å²) < 4.78 is 0. The van der Waals surface area contributed by atoms with Gasteiger partial charge in [0.15, 0.2) is 5.41 Å². The Balaban J connectivity index is 0. The molecule has 0 radical (unpaired) electrons. The first-order valence-corrected chi connectivity index (χ1v) is 6.42. The molecule has 0 unspecified atom stereocenters. The Morgan fingerprint density at radius 1 is 1.16 bits per heavy atom. The van der Waals surface area contributed by atoms with E-state index in [0.717, 1.165) is 0 Å². The topological polar surface area (TPSA) is 105 Å². The SMILES string of the molecule is CSCC(Cc1ccccc1)(C(=O)O)C(=O)O.[K+].[OH-]. The quantitative estimate of drug-likeness (QED) is 0.493. The molecule has 0 aromatic heterocycles. The Bertz CT molecular complexity index is 396. The first-order chi connectivity index (χ1) is 8.03. The van der Waals surface area contributed by atoms with E-state index in [0.29, 0.717) is 5.56 Å². The number of hydrogen-bond donors (Lipinski definition) is 2. The molecule has 0 heterocycles. The molecule has 3 N–H and O–H groups in total. The Morgan fingerprint density at radius 3 is 2.00 bits per heavy atom. The van der Waals surface area contributed by atoms with E-state index in [-0.39, 0.29) is 69.0 Å². The van der Waals surface area contributed by atoms with E-state index in [2.05, 4.69) is 0 Å². The summed E-state index contributed by atoms with van der Waals surface area (Å²) in [6.45, 7) is 0. The van der Waals surface area contributed by atoms with Crippen molar-refractivity contribution in [2.24, 2.45) is 5.41 Å². The van der Waals surface area contributed by atoms with Crippen LogP contribution in [0.2, 0.25) is 0 Å². The van der Waals surface area contributed by atoms with Crippen molar-refractivity contribution in [1.29, 1.82) is 0 Å². The van der Waals surface area contributed by atoms with Gasteiger partial charge in [-0.2, -0.15) is 11.8 Å². The van der Waals surface area contributed by atoms with E-state index >= 15 is 0 Å². The van der Waals surface area contributed by atoms with Crippen molar-refractivity contribution in [3.05, 3.63) is 35.9 Å². The van der Waals surface area contributed by atoms with Crippen LogP contribution in [0, 0.1) is 5.41 Å². The van der Waals surface area contributed by atoms with Crippen LogP contribution in [0.1, 0.15) is 5.56 Å². The third-order valence-electron chi connectivity index (χ3n) is 2.56. The zero-order valence-corrected chi connectivity index (χ0v) is 14.8. The van der Waals surface area contributed by atoms with Crippen LogP contribution < -0.4 is 51.4 Å². The van der Waals surface area contributed by atoms with Crippen LogP contribution in [0.25, 0.3) is 0 Å². The van der Waals surface area contributed by atoms with Crippen molar-refractivity contribution in [3.63, 3.8) is 0 Å². The van der Waals surface area contributed by atoms with Crippen LogP contribution in [0.5, 0.6) is 0 Å². The van der Waals surface area contributed by atoms with E-state index < -0.39 is 17.4 Å². The molecule has 0 amide bonds. The van der Waals surface area contributed by atoms with Gasteiger partial charge in [0, 0.05) is 12.2 Å². The molecule has 0 aliphatic heterocycles. The molecule has 0 aliphatic rings. The molecule has 0 spiro atoms. The van der Waals surface area contributed by atoms with Gasteiger partial charge in [-0.25, -0.2) is 0 Å². The van der Waals surface area contributed by atoms with Gasteiger partial charge in [0.1, 0.15) is 0 Å². The number of thioether (sulfide) groups is 1. The maximum absolute atomic E-state index is 11.3. The van der Waals surface area contributed by atoms with Gasteiger partial charge in [-0.15, -0.1) is 0 Å². The zero-order chi connectivity index (χ0) is 12.9. The van der Waals surface area contributed by atoms with Gasteiger partial charge in [0.25, 0.3) is 0 Å². The smallest absolute Gasteiger partial charge is 0.870 e. The molecule has 1 aromatic rings. The maximum Gasteiger partial charge on any atom is 1.00 e. The van der Waals surface area contributed by atoms with Gasteiger partial charge >= 0.3 is 63.3 Å². The molecule has 100 valence electrons. The van der Waals surface area contributed by atoms with Crippen molar-refractivity contribution >= 4 is 23.7 Å². The number of benzene rings is 1. The Kier molecular flexibility index (Phi) is 11.2. The van der Waals surface area contributed by atoms with Crippen molar-refractivity contribution in [2.75, 3.05) is 12.0 Å². The maximum atomic E-state index is 11.3. The van der Waals surface area contributed by atoms with Crippen molar-refractivity contribution < 1.29 is 76.7 Å². The second-order valence-electron chi connectivity index (χ2n) is 3.79. The van der Waals surface area contributed by atoms with Crippen molar-refractivity contribution in [1.82, 2.24) is 0 Å². The predicted octanol–water partition coefficient (Wildman–Crippen LogP) is -1.43. The molecule has 0 saturated heterocycles. The number of rotatable bonds is 6. The molecule has 5 nitrogen and oxygen atoms in total. The molecule has 1 aromatic carbocycles. The largest absolute Gasteiger partial charge is 1.00 e. The Morgan fingerprint density at radius 2 is 1.63 bits per heavy atom. The standard InChI is InChI=1S/C12H14O4S.K.H2O/c1-17-8-12(10(13)14,11(15)16)7-9-5-3-2-4-6-9;;/h2-6H,7-8H2,1H3,(H,13,14)(H,15,16);;1H2/q;+1;/p-1. The summed E-state index contributed by atoms with van der Waals surface area (Å²) in [5, 5.41) is 18.4. The molecule has 0 aliphatic carbocycles. The minimum atomic E-state index is -1.75. The van der Waals surface area contributed by atoms with E-state index in [1.54, 1.807) is 36.6 Å². The minimum absolute atomic E-state index is 0. The summed E-state index contributed by atoms with van der Waals surface area (Å²) >= 11 is 1.22. The predicted molar refractivity (Wildman–Crippen MR) is 68.2 cm³/mol. The molecule has 0 fully saturated rings. The fourth-order valence-corrected chi connectivity index (χ4v) is 2.45. The van der Waals surface area contributed by atoms with Crippen LogP contribution in [-0.4, -0.2) is 39.6 Å². The molecular weight excluding hydrogens is 295 g/mol. The van der Waals surface area contributed by atoms with E-state index in [1.165, 1.54) is 11.8 Å². The third-order valence-corrected chi connectivity index (χ3v) is 3.34. The van der Waals surface area contributed by atoms with Gasteiger partial charge in [0.2, 0.25) is 0 Å². The fourth-order valence-electron chi connectivity index (χ4n) is 1.61. The Labute approximate surface area is 158 Å². The Hall–Kier alpha value is 0.106. The average Bonchev–Trinajstić information content (AvgIpc) is 2.29. The van der Waals surface area contributed by atoms with E-state index in [9.17, 15) is 19.8 Å². The van der Waals surface area contributed by atoms with Crippen molar-refractivity contribution in [2.45, 2.75) is 6.42 Å². The molecule has 1 rings (SSSR count). The first kappa shape index (κ1) is 21.4. The normalized spacial score (nSPS) is 9.95. The van der Waals surface area contributed by atoms with Gasteiger partial charge in [-0.3, -0.25) is 9.59 Å². The van der Waals surface area contributed by atoms with Crippen LogP contribution >= 0.6 is 11.8 Å². The van der Waals surface area contributed by atoms with Gasteiger partial charge < -0.3 is 15.7 Å². The van der Waals surface area contributed by atoms with Crippen molar-refractivity contribution in [3.8, 4) is 0 Å². The summed E-state index contributed by atoms with van der Waals surface area (Å²) in [7, 11) is 0. The average molecular weight is 310 g/mol. The van der Waals surface area contributed by atoms with Gasteiger partial charge in [-0.1, -0.05) is 30.3 Å². The summed E-state index contributed by atoms with van der Waals surface area (Å²) in [6, 6.07) is 8.81. The fraction of sp³-hybridized carbons (Fsp3) is 0.333. The molecule has 0 atom stereocenters. The molecule has 19 heavy (non-hydrogen) atoms. The molecule has 0 bridgehead atoms. The number of carboxylic acid groups (broad SMARTS) is 2. The summed E-state index contributed by atoms with van der Waals surface area (Å²) in [5.41, 5.74) is -1.04. The third kappa shape index (κ3) is 5.54. The minimum Gasteiger partial charge on any atom is -0.870 e. The van der Waals surface area contributed by atoms with Crippen LogP contribution in [0.15, 0.2) is 30.3 Å². The van der Waals surface area contributed by atoms with E-state index in [4.69, 9.17) is 0 Å². The summed E-state index contributed by atoms with van der Waals surface area (Å²) in [4.78, 5) is 22.5. The summed E-state index contributed by atoms with van der Waals surface area (Å²) in [5.74, 6) is -2.53. The molecule has 7 heteroatoms. The number of carboxylic acids is 2. The number of aliphatic carboxylic acids is 2. The monoisotopic (exact) mass is 310 g/mol. The van der Waals surface area contributed by atoms with Crippen LogP contribution in [0.4, 0.5) is 0 Å². The number of hydrogen-bond acceptors (Lipinski definition) is 4. The van der Waals surface area contributed by atoms with Crippen LogP contribution in [-0.2, 0) is 16.0 Å². The second kappa shape index (κ2) is 9.92. The summed E-state index contributed by atoms with van der Waals surface area (Å²) in [6.07, 6.45) is 1.70. The number of carbonyl (C=O) groups is 2. The van der Waals surface area contributed by atoms with Crippen LogP contribution in [0.3, 0.4) is 0 Å². The van der Waals surface area contributed by atoms with E-state index in [1.807, 2.05) is 0 Å². The molecular formula is C12H15KO5S.